The molecule has 2 amide bonds. The highest BCUT2D eigenvalue weighted by Crippen LogP contribution is 2.11. The molecule has 0 aromatic heterocycles. The Kier molecular flexibility index (Phi) is 7.18. The van der Waals surface area contributed by atoms with Crippen LogP contribution in [0.4, 0.5) is 0 Å². The SMILES string of the molecule is CCN(Cc1ccc(C(=O)NNC(=O)c2ccc(Cl)cc2)cc1)C(C)C. The van der Waals surface area contributed by atoms with E-state index < -0.39 is 5.91 Å². The molecule has 0 spiro atoms. The summed E-state index contributed by atoms with van der Waals surface area (Å²) >= 11 is 5.79. The molecule has 0 aliphatic heterocycles. The molecule has 6 heteroatoms. The number of nitrogens with zero attached hydrogens (tertiary/aromatic N) is 1. The number of nitrogens with one attached hydrogen (secondary N) is 2. The van der Waals surface area contributed by atoms with Gasteiger partial charge in [-0.15, -0.1) is 0 Å². The van der Waals surface area contributed by atoms with E-state index in [0.717, 1.165) is 18.7 Å². The fourth-order valence-corrected chi connectivity index (χ4v) is 2.64. The summed E-state index contributed by atoms with van der Waals surface area (Å²) in [6.07, 6.45) is 0. The number of benzene rings is 2. The summed E-state index contributed by atoms with van der Waals surface area (Å²) in [5.41, 5.74) is 6.86. The van der Waals surface area contributed by atoms with E-state index in [2.05, 4.69) is 36.5 Å². The predicted octanol–water partition coefficient (Wildman–Crippen LogP) is 3.65. The van der Waals surface area contributed by atoms with Crippen molar-refractivity contribution in [3.8, 4) is 0 Å². The van der Waals surface area contributed by atoms with Gasteiger partial charge in [0.05, 0.1) is 0 Å². The highest BCUT2D eigenvalue weighted by Gasteiger charge is 2.11. The van der Waals surface area contributed by atoms with Crippen molar-refractivity contribution < 1.29 is 9.59 Å². The summed E-state index contributed by atoms with van der Waals surface area (Å²) in [4.78, 5) is 26.5. The molecule has 2 aromatic carbocycles. The third-order valence-electron chi connectivity index (χ3n) is 4.13. The number of halogens is 1. The quantitative estimate of drug-likeness (QED) is 0.760. The minimum absolute atomic E-state index is 0.366. The second kappa shape index (κ2) is 9.36. The first kappa shape index (κ1) is 19.9. The zero-order valence-corrected chi connectivity index (χ0v) is 16.0. The molecule has 0 fully saturated rings. The van der Waals surface area contributed by atoms with Gasteiger partial charge >= 0.3 is 0 Å². The Hall–Kier alpha value is -2.37. The highest BCUT2D eigenvalue weighted by molar-refractivity contribution is 6.30. The summed E-state index contributed by atoms with van der Waals surface area (Å²) in [5, 5.41) is 0.546. The van der Waals surface area contributed by atoms with Crippen LogP contribution in [-0.4, -0.2) is 29.3 Å². The molecular weight excluding hydrogens is 350 g/mol. The summed E-state index contributed by atoms with van der Waals surface area (Å²) in [6, 6.07) is 14.3. The van der Waals surface area contributed by atoms with Crippen LogP contribution in [-0.2, 0) is 6.54 Å². The van der Waals surface area contributed by atoms with Gasteiger partial charge in [0, 0.05) is 28.7 Å². The number of hydrazine groups is 1. The van der Waals surface area contributed by atoms with Crippen molar-refractivity contribution in [3.63, 3.8) is 0 Å². The molecule has 0 saturated carbocycles. The average molecular weight is 374 g/mol. The summed E-state index contributed by atoms with van der Waals surface area (Å²) in [5.74, 6) is -0.766. The molecule has 5 nitrogen and oxygen atoms in total. The molecule has 26 heavy (non-hydrogen) atoms. The van der Waals surface area contributed by atoms with Crippen LogP contribution in [0.2, 0.25) is 5.02 Å². The average Bonchev–Trinajstić information content (AvgIpc) is 2.64. The smallest absolute Gasteiger partial charge is 0.269 e. The van der Waals surface area contributed by atoms with Crippen molar-refractivity contribution in [1.82, 2.24) is 15.8 Å². The molecule has 0 unspecified atom stereocenters. The van der Waals surface area contributed by atoms with Gasteiger partial charge in [0.1, 0.15) is 0 Å². The van der Waals surface area contributed by atoms with Crippen molar-refractivity contribution in [3.05, 3.63) is 70.2 Å². The Bertz CT molecular complexity index is 743. The molecule has 2 rings (SSSR count). The second-order valence-electron chi connectivity index (χ2n) is 6.27. The zero-order chi connectivity index (χ0) is 19.1. The van der Waals surface area contributed by atoms with E-state index in [1.807, 2.05) is 12.1 Å². The Morgan fingerprint density at radius 3 is 1.81 bits per heavy atom. The molecule has 0 saturated heterocycles. The van der Waals surface area contributed by atoms with Gasteiger partial charge in [-0.05, 0) is 62.4 Å². The molecular formula is C20H24ClN3O2. The molecule has 2 aromatic rings. The Balaban J connectivity index is 1.91. The minimum atomic E-state index is -0.401. The normalized spacial score (nSPS) is 10.8. The van der Waals surface area contributed by atoms with E-state index in [-0.39, 0.29) is 5.91 Å². The van der Waals surface area contributed by atoms with Crippen molar-refractivity contribution >= 4 is 23.4 Å². The first-order valence-electron chi connectivity index (χ1n) is 8.60. The molecule has 0 heterocycles. The van der Waals surface area contributed by atoms with Crippen LogP contribution in [0.5, 0.6) is 0 Å². The first-order valence-corrected chi connectivity index (χ1v) is 8.97. The maximum Gasteiger partial charge on any atom is 0.269 e. The Morgan fingerprint density at radius 2 is 1.38 bits per heavy atom. The summed E-state index contributed by atoms with van der Waals surface area (Å²) in [6.45, 7) is 8.26. The number of rotatable bonds is 6. The summed E-state index contributed by atoms with van der Waals surface area (Å²) in [7, 11) is 0. The van der Waals surface area contributed by atoms with Crippen LogP contribution in [0.1, 0.15) is 47.1 Å². The number of carbonyl (C=O) groups excluding carboxylic acids is 2. The third-order valence-corrected chi connectivity index (χ3v) is 4.39. The van der Waals surface area contributed by atoms with Crippen LogP contribution < -0.4 is 10.9 Å². The lowest BCUT2D eigenvalue weighted by atomic mass is 10.1. The number of amides is 2. The van der Waals surface area contributed by atoms with E-state index in [1.54, 1.807) is 36.4 Å². The lowest BCUT2D eigenvalue weighted by molar-refractivity contribution is 0.0846. The maximum atomic E-state index is 12.2. The van der Waals surface area contributed by atoms with Crippen molar-refractivity contribution in [2.75, 3.05) is 6.54 Å². The van der Waals surface area contributed by atoms with Gasteiger partial charge in [0.15, 0.2) is 0 Å². The standard InChI is InChI=1S/C20H24ClN3O2/c1-4-24(14(2)3)13-15-5-7-16(8-6-15)19(25)22-23-20(26)17-9-11-18(21)12-10-17/h5-12,14H,4,13H2,1-3H3,(H,22,25)(H,23,26). The largest absolute Gasteiger partial charge is 0.297 e. The Morgan fingerprint density at radius 1 is 0.923 bits per heavy atom. The molecule has 0 aliphatic carbocycles. The third kappa shape index (κ3) is 5.58. The monoisotopic (exact) mass is 373 g/mol. The van der Waals surface area contributed by atoms with E-state index in [4.69, 9.17) is 11.6 Å². The summed E-state index contributed by atoms with van der Waals surface area (Å²) < 4.78 is 0. The van der Waals surface area contributed by atoms with E-state index in [1.165, 1.54) is 0 Å². The number of carbonyl (C=O) groups is 2. The minimum Gasteiger partial charge on any atom is -0.297 e. The van der Waals surface area contributed by atoms with Crippen molar-refractivity contribution in [2.45, 2.75) is 33.4 Å². The Labute approximate surface area is 159 Å². The van der Waals surface area contributed by atoms with Gasteiger partial charge in [-0.3, -0.25) is 25.3 Å². The van der Waals surface area contributed by atoms with Gasteiger partial charge in [0.25, 0.3) is 11.8 Å². The van der Waals surface area contributed by atoms with Crippen LogP contribution in [0.3, 0.4) is 0 Å². The van der Waals surface area contributed by atoms with Crippen molar-refractivity contribution in [2.24, 2.45) is 0 Å². The molecule has 0 aliphatic rings. The fourth-order valence-electron chi connectivity index (χ4n) is 2.51. The van der Waals surface area contributed by atoms with Gasteiger partial charge in [-0.2, -0.15) is 0 Å². The second-order valence-corrected chi connectivity index (χ2v) is 6.71. The number of hydrogen-bond donors (Lipinski definition) is 2. The van der Waals surface area contributed by atoms with E-state index in [0.29, 0.717) is 22.2 Å². The molecule has 0 bridgehead atoms. The molecule has 2 N–H and O–H groups in total. The fraction of sp³-hybridized carbons (Fsp3) is 0.300. The molecule has 138 valence electrons. The van der Waals surface area contributed by atoms with Gasteiger partial charge < -0.3 is 0 Å². The number of hydrogen-bond acceptors (Lipinski definition) is 3. The first-order chi connectivity index (χ1) is 12.4. The topological polar surface area (TPSA) is 61.4 Å². The lowest BCUT2D eigenvalue weighted by Crippen LogP contribution is -2.41. The van der Waals surface area contributed by atoms with Gasteiger partial charge in [-0.25, -0.2) is 0 Å². The lowest BCUT2D eigenvalue weighted by Gasteiger charge is -2.24. The van der Waals surface area contributed by atoms with Crippen molar-refractivity contribution in [1.29, 1.82) is 0 Å². The zero-order valence-electron chi connectivity index (χ0n) is 15.3. The van der Waals surface area contributed by atoms with Crippen LogP contribution in [0.15, 0.2) is 48.5 Å². The molecule has 0 radical (unpaired) electrons. The van der Waals surface area contributed by atoms with Gasteiger partial charge in [-0.1, -0.05) is 30.7 Å². The van der Waals surface area contributed by atoms with Crippen LogP contribution >= 0.6 is 11.6 Å². The van der Waals surface area contributed by atoms with E-state index >= 15 is 0 Å². The van der Waals surface area contributed by atoms with E-state index in [9.17, 15) is 9.59 Å². The van der Waals surface area contributed by atoms with Gasteiger partial charge in [0.2, 0.25) is 0 Å². The maximum absolute atomic E-state index is 12.2. The van der Waals surface area contributed by atoms with Crippen LogP contribution in [0, 0.1) is 0 Å². The molecule has 0 atom stereocenters. The predicted molar refractivity (Wildman–Crippen MR) is 104 cm³/mol. The van der Waals surface area contributed by atoms with Crippen LogP contribution in [0.25, 0.3) is 0 Å². The highest BCUT2D eigenvalue weighted by atomic mass is 35.5.